The quantitative estimate of drug-likeness (QED) is 0.423. The molecule has 0 spiro atoms. The second-order valence-electron chi connectivity index (χ2n) is 5.06. The molecule has 0 aliphatic rings. The summed E-state index contributed by atoms with van der Waals surface area (Å²) in [7, 11) is -1.29. The van der Waals surface area contributed by atoms with Crippen molar-refractivity contribution in [3.63, 3.8) is 0 Å². The SMILES string of the molecule is CN=C(NCCCn1nc(C)cc1C)NCCS(C)(=O)=O. The van der Waals surface area contributed by atoms with Crippen LogP contribution in [0.2, 0.25) is 0 Å². The Bertz CT molecular complexity index is 577. The van der Waals surface area contributed by atoms with Crippen LogP contribution in [0.5, 0.6) is 0 Å². The predicted molar refractivity (Wildman–Crippen MR) is 85.4 cm³/mol. The Morgan fingerprint density at radius 1 is 1.33 bits per heavy atom. The van der Waals surface area contributed by atoms with Crippen LogP contribution in [-0.4, -0.2) is 56.3 Å². The van der Waals surface area contributed by atoms with E-state index in [1.54, 1.807) is 7.05 Å². The molecule has 1 heterocycles. The Balaban J connectivity index is 2.25. The molecule has 0 aromatic carbocycles. The summed E-state index contributed by atoms with van der Waals surface area (Å²) < 4.78 is 24.1. The summed E-state index contributed by atoms with van der Waals surface area (Å²) >= 11 is 0. The van der Waals surface area contributed by atoms with E-state index in [9.17, 15) is 8.42 Å². The molecule has 0 aliphatic heterocycles. The molecule has 0 unspecified atom stereocenters. The highest BCUT2D eigenvalue weighted by Gasteiger charge is 2.03. The van der Waals surface area contributed by atoms with Gasteiger partial charge in [-0.05, 0) is 26.3 Å². The Morgan fingerprint density at radius 2 is 2.00 bits per heavy atom. The molecule has 0 amide bonds. The number of aryl methyl sites for hydroxylation is 3. The number of aliphatic imine (C=N–C) groups is 1. The van der Waals surface area contributed by atoms with Crippen LogP contribution >= 0.6 is 0 Å². The molecule has 0 atom stereocenters. The molecule has 8 heteroatoms. The van der Waals surface area contributed by atoms with E-state index in [1.807, 2.05) is 18.5 Å². The van der Waals surface area contributed by atoms with Crippen molar-refractivity contribution in [1.29, 1.82) is 0 Å². The minimum absolute atomic E-state index is 0.0967. The van der Waals surface area contributed by atoms with Crippen molar-refractivity contribution in [1.82, 2.24) is 20.4 Å². The van der Waals surface area contributed by atoms with Crippen molar-refractivity contribution >= 4 is 15.8 Å². The Morgan fingerprint density at radius 3 is 2.52 bits per heavy atom. The maximum absolute atomic E-state index is 11.0. The summed E-state index contributed by atoms with van der Waals surface area (Å²) in [5, 5.41) is 10.5. The van der Waals surface area contributed by atoms with E-state index in [4.69, 9.17) is 0 Å². The monoisotopic (exact) mass is 315 g/mol. The van der Waals surface area contributed by atoms with Crippen LogP contribution in [0.1, 0.15) is 17.8 Å². The smallest absolute Gasteiger partial charge is 0.191 e. The standard InChI is InChI=1S/C13H25N5O2S/c1-11-10-12(2)18(17-11)8-5-6-15-13(14-3)16-7-9-21(4,19)20/h10H,5-9H2,1-4H3,(H2,14,15,16). The van der Waals surface area contributed by atoms with E-state index < -0.39 is 9.84 Å². The summed E-state index contributed by atoms with van der Waals surface area (Å²) in [4.78, 5) is 4.05. The fourth-order valence-electron chi connectivity index (χ4n) is 1.91. The molecule has 0 bridgehead atoms. The van der Waals surface area contributed by atoms with Crippen molar-refractivity contribution in [2.75, 3.05) is 32.1 Å². The van der Waals surface area contributed by atoms with Crippen LogP contribution in [0.25, 0.3) is 0 Å². The van der Waals surface area contributed by atoms with E-state index in [2.05, 4.69) is 26.8 Å². The lowest BCUT2D eigenvalue weighted by atomic mass is 10.4. The van der Waals surface area contributed by atoms with Crippen molar-refractivity contribution in [2.24, 2.45) is 4.99 Å². The van der Waals surface area contributed by atoms with Crippen molar-refractivity contribution in [3.8, 4) is 0 Å². The fourth-order valence-corrected chi connectivity index (χ4v) is 2.39. The average molecular weight is 315 g/mol. The highest BCUT2D eigenvalue weighted by atomic mass is 32.2. The van der Waals surface area contributed by atoms with Gasteiger partial charge in [-0.15, -0.1) is 0 Å². The van der Waals surface area contributed by atoms with Gasteiger partial charge in [-0.25, -0.2) is 8.42 Å². The molecule has 7 nitrogen and oxygen atoms in total. The number of hydrogen-bond acceptors (Lipinski definition) is 4. The maximum atomic E-state index is 11.0. The minimum Gasteiger partial charge on any atom is -0.356 e. The number of guanidine groups is 1. The zero-order valence-electron chi connectivity index (χ0n) is 13.2. The normalized spacial score (nSPS) is 12.5. The lowest BCUT2D eigenvalue weighted by Gasteiger charge is -2.11. The summed E-state index contributed by atoms with van der Waals surface area (Å²) in [6, 6.07) is 2.05. The molecular formula is C13H25N5O2S. The largest absolute Gasteiger partial charge is 0.356 e. The molecule has 1 aromatic heterocycles. The number of nitrogens with one attached hydrogen (secondary N) is 2. The number of nitrogens with zero attached hydrogens (tertiary/aromatic N) is 3. The van der Waals surface area contributed by atoms with Gasteiger partial charge in [-0.3, -0.25) is 9.67 Å². The van der Waals surface area contributed by atoms with Gasteiger partial charge in [0.2, 0.25) is 0 Å². The summed E-state index contributed by atoms with van der Waals surface area (Å²) in [6.45, 7) is 5.97. The van der Waals surface area contributed by atoms with E-state index >= 15 is 0 Å². The first-order valence-electron chi connectivity index (χ1n) is 6.95. The first-order valence-corrected chi connectivity index (χ1v) is 9.01. The van der Waals surface area contributed by atoms with E-state index in [-0.39, 0.29) is 5.75 Å². The number of rotatable bonds is 7. The van der Waals surface area contributed by atoms with Crippen LogP contribution in [0.15, 0.2) is 11.1 Å². The molecule has 0 radical (unpaired) electrons. The van der Waals surface area contributed by atoms with Crippen molar-refractivity contribution < 1.29 is 8.42 Å². The van der Waals surface area contributed by atoms with E-state index in [0.29, 0.717) is 12.5 Å². The predicted octanol–water partition coefficient (Wildman–Crippen LogP) is 0.0996. The van der Waals surface area contributed by atoms with Gasteiger partial charge in [0.15, 0.2) is 5.96 Å². The van der Waals surface area contributed by atoms with Gasteiger partial charge in [0.25, 0.3) is 0 Å². The highest BCUT2D eigenvalue weighted by molar-refractivity contribution is 7.90. The van der Waals surface area contributed by atoms with Crippen LogP contribution in [0, 0.1) is 13.8 Å². The number of sulfone groups is 1. The van der Waals surface area contributed by atoms with Crippen LogP contribution in [-0.2, 0) is 16.4 Å². The van der Waals surface area contributed by atoms with Crippen molar-refractivity contribution in [3.05, 3.63) is 17.5 Å². The third-order valence-electron chi connectivity index (χ3n) is 2.93. The summed E-state index contributed by atoms with van der Waals surface area (Å²) in [6.07, 6.45) is 2.13. The average Bonchev–Trinajstić information content (AvgIpc) is 2.69. The van der Waals surface area contributed by atoms with Crippen LogP contribution < -0.4 is 10.6 Å². The zero-order chi connectivity index (χ0) is 15.9. The van der Waals surface area contributed by atoms with Gasteiger partial charge in [0.1, 0.15) is 9.84 Å². The molecule has 0 saturated heterocycles. The second kappa shape index (κ2) is 8.02. The Labute approximate surface area is 126 Å². The van der Waals surface area contributed by atoms with Gasteiger partial charge in [0, 0.05) is 38.6 Å². The van der Waals surface area contributed by atoms with Crippen LogP contribution in [0.3, 0.4) is 0 Å². The molecule has 0 saturated carbocycles. The molecule has 1 aromatic rings. The Kier molecular flexibility index (Phi) is 6.67. The van der Waals surface area contributed by atoms with Crippen LogP contribution in [0.4, 0.5) is 0 Å². The molecule has 1 rings (SSSR count). The molecule has 21 heavy (non-hydrogen) atoms. The number of aromatic nitrogens is 2. The highest BCUT2D eigenvalue weighted by Crippen LogP contribution is 2.02. The van der Waals surface area contributed by atoms with Gasteiger partial charge in [0.05, 0.1) is 11.4 Å². The lowest BCUT2D eigenvalue weighted by molar-refractivity contribution is 0.555. The molecule has 0 fully saturated rings. The molecule has 2 N–H and O–H groups in total. The Hall–Kier alpha value is -1.57. The topological polar surface area (TPSA) is 88.4 Å². The van der Waals surface area contributed by atoms with E-state index in [1.165, 1.54) is 6.26 Å². The molecule has 120 valence electrons. The lowest BCUT2D eigenvalue weighted by Crippen LogP contribution is -2.40. The van der Waals surface area contributed by atoms with Gasteiger partial charge >= 0.3 is 0 Å². The molecule has 0 aliphatic carbocycles. The van der Waals surface area contributed by atoms with Gasteiger partial charge < -0.3 is 10.6 Å². The fraction of sp³-hybridized carbons (Fsp3) is 0.692. The van der Waals surface area contributed by atoms with Gasteiger partial charge in [-0.2, -0.15) is 5.10 Å². The zero-order valence-corrected chi connectivity index (χ0v) is 14.0. The summed E-state index contributed by atoms with van der Waals surface area (Å²) in [5.74, 6) is 0.714. The molecular weight excluding hydrogens is 290 g/mol. The second-order valence-corrected chi connectivity index (χ2v) is 7.32. The number of hydrogen-bond donors (Lipinski definition) is 2. The first-order chi connectivity index (χ1) is 9.81. The maximum Gasteiger partial charge on any atom is 0.191 e. The van der Waals surface area contributed by atoms with E-state index in [0.717, 1.165) is 30.9 Å². The minimum atomic E-state index is -2.95. The third kappa shape index (κ3) is 7.12. The summed E-state index contributed by atoms with van der Waals surface area (Å²) in [5.41, 5.74) is 2.18. The van der Waals surface area contributed by atoms with Gasteiger partial charge in [-0.1, -0.05) is 0 Å². The third-order valence-corrected chi connectivity index (χ3v) is 3.88. The first kappa shape index (κ1) is 17.5. The van der Waals surface area contributed by atoms with Crippen molar-refractivity contribution in [2.45, 2.75) is 26.8 Å².